The van der Waals surface area contributed by atoms with Crippen LogP contribution in [0.4, 0.5) is 5.00 Å². The largest absolute Gasteiger partial charge is 0.465 e. The summed E-state index contributed by atoms with van der Waals surface area (Å²) in [6.45, 7) is 1.77. The van der Waals surface area contributed by atoms with E-state index in [2.05, 4.69) is 4.72 Å². The van der Waals surface area contributed by atoms with E-state index in [0.29, 0.717) is 10.6 Å². The molecule has 0 fully saturated rings. The summed E-state index contributed by atoms with van der Waals surface area (Å²) in [5.74, 6) is -0.444. The van der Waals surface area contributed by atoms with E-state index in [4.69, 9.17) is 16.3 Å². The molecule has 0 aliphatic heterocycles. The lowest BCUT2D eigenvalue weighted by atomic mass is 10.1. The van der Waals surface area contributed by atoms with Crippen LogP contribution in [0.15, 0.2) is 0 Å². The van der Waals surface area contributed by atoms with Gasteiger partial charge in [0.15, 0.2) is 0 Å². The Hall–Kier alpha value is -0.790. The molecule has 1 aliphatic carbocycles. The molecular weight excluding hydrogens is 334 g/mol. The summed E-state index contributed by atoms with van der Waals surface area (Å²) in [7, 11) is -2.23. The number of rotatable bonds is 6. The van der Waals surface area contributed by atoms with Gasteiger partial charge in [-0.2, -0.15) is 0 Å². The van der Waals surface area contributed by atoms with Gasteiger partial charge in [0, 0.05) is 10.8 Å². The van der Waals surface area contributed by atoms with Gasteiger partial charge < -0.3 is 4.74 Å². The van der Waals surface area contributed by atoms with E-state index in [-0.39, 0.29) is 17.6 Å². The average molecular weight is 352 g/mol. The van der Waals surface area contributed by atoms with E-state index in [0.717, 1.165) is 29.7 Å². The number of anilines is 1. The van der Waals surface area contributed by atoms with Gasteiger partial charge in [0.1, 0.15) is 5.00 Å². The van der Waals surface area contributed by atoms with Gasteiger partial charge in [-0.1, -0.05) is 6.92 Å². The first kappa shape index (κ1) is 16.6. The molecule has 5 nitrogen and oxygen atoms in total. The van der Waals surface area contributed by atoms with Gasteiger partial charge >= 0.3 is 5.97 Å². The lowest BCUT2D eigenvalue weighted by Crippen LogP contribution is -2.22. The van der Waals surface area contributed by atoms with Crippen LogP contribution in [0.2, 0.25) is 0 Å². The highest BCUT2D eigenvalue weighted by Crippen LogP contribution is 2.39. The molecule has 2 rings (SSSR count). The summed E-state index contributed by atoms with van der Waals surface area (Å²) in [6, 6.07) is 0. The number of carbonyl (C=O) groups excluding carboxylic acids is 1. The van der Waals surface area contributed by atoms with Gasteiger partial charge in [0.25, 0.3) is 0 Å². The second-order valence-electron chi connectivity index (χ2n) is 5.20. The number of sulfonamides is 1. The molecular formula is C13H18ClNO4S2. The Bertz CT molecular complexity index is 639. The predicted octanol–water partition coefficient (Wildman–Crippen LogP) is 2.64. The molecule has 0 aromatic carbocycles. The highest BCUT2D eigenvalue weighted by molar-refractivity contribution is 7.92. The number of alkyl halides is 1. The van der Waals surface area contributed by atoms with Crippen molar-refractivity contribution in [1.82, 2.24) is 0 Å². The number of halogens is 1. The Labute approximate surface area is 133 Å². The second kappa shape index (κ2) is 6.54. The number of thiophene rings is 1. The molecule has 21 heavy (non-hydrogen) atoms. The highest BCUT2D eigenvalue weighted by atomic mass is 35.5. The van der Waals surface area contributed by atoms with E-state index >= 15 is 0 Å². The summed E-state index contributed by atoms with van der Waals surface area (Å²) in [4.78, 5) is 13.0. The van der Waals surface area contributed by atoms with Crippen LogP contribution in [-0.4, -0.2) is 33.1 Å². The van der Waals surface area contributed by atoms with Crippen LogP contribution < -0.4 is 4.72 Å². The van der Waals surface area contributed by atoms with E-state index in [1.165, 1.54) is 18.4 Å². The average Bonchev–Trinajstić information content (AvgIpc) is 2.96. The standard InChI is InChI=1S/C13H18ClNO4S2/c1-8(6-14)7-21(17,18)15-12-11(13(16)19-2)9-4-3-5-10(9)20-12/h8,15H,3-7H2,1-2H3. The molecule has 0 saturated heterocycles. The minimum absolute atomic E-state index is 0.0698. The SMILES string of the molecule is COC(=O)c1c(NS(=O)(=O)CC(C)CCl)sc2c1CCC2. The molecule has 0 bridgehead atoms. The van der Waals surface area contributed by atoms with Crippen molar-refractivity contribution in [1.29, 1.82) is 0 Å². The Kier molecular flexibility index (Phi) is 5.16. The maximum absolute atomic E-state index is 12.1. The van der Waals surface area contributed by atoms with Crippen molar-refractivity contribution in [2.45, 2.75) is 26.2 Å². The minimum Gasteiger partial charge on any atom is -0.465 e. The van der Waals surface area contributed by atoms with Crippen LogP contribution in [0.5, 0.6) is 0 Å². The third-order valence-electron chi connectivity index (χ3n) is 3.33. The van der Waals surface area contributed by atoms with Crippen molar-refractivity contribution < 1.29 is 17.9 Å². The molecule has 0 saturated carbocycles. The Morgan fingerprint density at radius 2 is 2.19 bits per heavy atom. The number of methoxy groups -OCH3 is 1. The molecule has 118 valence electrons. The molecule has 1 N–H and O–H groups in total. The monoisotopic (exact) mass is 351 g/mol. The number of hydrogen-bond acceptors (Lipinski definition) is 5. The van der Waals surface area contributed by atoms with Crippen molar-refractivity contribution in [3.8, 4) is 0 Å². The van der Waals surface area contributed by atoms with Crippen LogP contribution >= 0.6 is 22.9 Å². The first-order valence-electron chi connectivity index (χ1n) is 6.67. The number of hydrogen-bond donors (Lipinski definition) is 1. The van der Waals surface area contributed by atoms with Gasteiger partial charge in [-0.25, -0.2) is 13.2 Å². The molecule has 1 unspecified atom stereocenters. The normalized spacial score (nSPS) is 15.6. The van der Waals surface area contributed by atoms with Crippen molar-refractivity contribution >= 4 is 43.9 Å². The Morgan fingerprint density at radius 3 is 2.81 bits per heavy atom. The third kappa shape index (κ3) is 3.70. The van der Waals surface area contributed by atoms with E-state index in [1.54, 1.807) is 6.92 Å². The molecule has 1 heterocycles. The Balaban J connectivity index is 2.30. The third-order valence-corrected chi connectivity index (χ3v) is 6.71. The van der Waals surface area contributed by atoms with Crippen LogP contribution in [-0.2, 0) is 27.6 Å². The van der Waals surface area contributed by atoms with E-state index in [1.807, 2.05) is 0 Å². The van der Waals surface area contributed by atoms with Gasteiger partial charge in [0.05, 0.1) is 18.4 Å². The molecule has 0 amide bonds. The van der Waals surface area contributed by atoms with Gasteiger partial charge in [-0.05, 0) is 30.7 Å². The summed E-state index contributed by atoms with van der Waals surface area (Å²) >= 11 is 6.99. The first-order valence-corrected chi connectivity index (χ1v) is 9.67. The molecule has 8 heteroatoms. The summed E-state index contributed by atoms with van der Waals surface area (Å²) in [6.07, 6.45) is 2.65. The summed E-state index contributed by atoms with van der Waals surface area (Å²) in [5.41, 5.74) is 1.30. The number of aryl methyl sites for hydroxylation is 1. The molecule has 1 aliphatic rings. The van der Waals surface area contributed by atoms with Crippen LogP contribution in [0.3, 0.4) is 0 Å². The number of esters is 1. The number of fused-ring (bicyclic) bond motifs is 1. The molecule has 0 radical (unpaired) electrons. The minimum atomic E-state index is -3.53. The van der Waals surface area contributed by atoms with E-state index < -0.39 is 16.0 Å². The van der Waals surface area contributed by atoms with E-state index in [9.17, 15) is 13.2 Å². The zero-order chi connectivity index (χ0) is 15.6. The maximum Gasteiger partial charge on any atom is 0.341 e. The molecule has 1 aromatic rings. The maximum atomic E-state index is 12.1. The van der Waals surface area contributed by atoms with Crippen molar-refractivity contribution in [2.24, 2.45) is 5.92 Å². The van der Waals surface area contributed by atoms with Gasteiger partial charge in [-0.3, -0.25) is 4.72 Å². The number of ether oxygens (including phenoxy) is 1. The second-order valence-corrected chi connectivity index (χ2v) is 8.38. The first-order chi connectivity index (χ1) is 9.88. The fourth-order valence-electron chi connectivity index (χ4n) is 2.40. The van der Waals surface area contributed by atoms with Crippen molar-refractivity contribution in [2.75, 3.05) is 23.5 Å². The zero-order valence-corrected chi connectivity index (χ0v) is 14.3. The predicted molar refractivity (Wildman–Crippen MR) is 85.0 cm³/mol. The smallest absolute Gasteiger partial charge is 0.341 e. The lowest BCUT2D eigenvalue weighted by Gasteiger charge is -2.11. The number of carbonyl (C=O) groups is 1. The van der Waals surface area contributed by atoms with Crippen LogP contribution in [0.25, 0.3) is 0 Å². The quantitative estimate of drug-likeness (QED) is 0.631. The van der Waals surface area contributed by atoms with Crippen LogP contribution in [0.1, 0.15) is 34.1 Å². The van der Waals surface area contributed by atoms with Gasteiger partial charge in [0.2, 0.25) is 10.0 Å². The van der Waals surface area contributed by atoms with Crippen LogP contribution in [0, 0.1) is 5.92 Å². The zero-order valence-electron chi connectivity index (χ0n) is 11.9. The topological polar surface area (TPSA) is 72.5 Å². The van der Waals surface area contributed by atoms with Crippen molar-refractivity contribution in [3.63, 3.8) is 0 Å². The Morgan fingerprint density at radius 1 is 1.48 bits per heavy atom. The van der Waals surface area contributed by atoms with Crippen molar-refractivity contribution in [3.05, 3.63) is 16.0 Å². The molecule has 1 atom stereocenters. The number of nitrogens with one attached hydrogen (secondary N) is 1. The van der Waals surface area contributed by atoms with Gasteiger partial charge in [-0.15, -0.1) is 22.9 Å². The fraction of sp³-hybridized carbons (Fsp3) is 0.615. The molecule has 1 aromatic heterocycles. The summed E-state index contributed by atoms with van der Waals surface area (Å²) < 4.78 is 31.6. The lowest BCUT2D eigenvalue weighted by molar-refractivity contribution is 0.0601. The molecule has 0 spiro atoms. The fourth-order valence-corrected chi connectivity index (χ4v) is 5.65. The summed E-state index contributed by atoms with van der Waals surface area (Å²) in [5, 5.41) is 0.369. The highest BCUT2D eigenvalue weighted by Gasteiger charge is 2.29.